The van der Waals surface area contributed by atoms with Gasteiger partial charge in [-0.2, -0.15) is 5.10 Å². The predicted molar refractivity (Wildman–Crippen MR) is 99.2 cm³/mol. The highest BCUT2D eigenvalue weighted by Gasteiger charge is 2.09. The summed E-state index contributed by atoms with van der Waals surface area (Å²) in [6.07, 6.45) is 5.28. The molecule has 2 amide bonds. The Morgan fingerprint density at radius 3 is 2.60 bits per heavy atom. The second-order valence-corrected chi connectivity index (χ2v) is 6.53. The highest BCUT2D eigenvalue weighted by molar-refractivity contribution is 9.10. The molecule has 128 valence electrons. The van der Waals surface area contributed by atoms with E-state index < -0.39 is 0 Å². The molecule has 0 aliphatic rings. The van der Waals surface area contributed by atoms with Gasteiger partial charge in [0.1, 0.15) is 0 Å². The first-order valence-corrected chi connectivity index (χ1v) is 8.59. The molecule has 0 saturated heterocycles. The summed E-state index contributed by atoms with van der Waals surface area (Å²) in [5.74, 6) is 0.743. The molecule has 0 radical (unpaired) electrons. The first-order valence-electron chi connectivity index (χ1n) is 7.80. The lowest BCUT2D eigenvalue weighted by atomic mass is 10.2. The molecule has 0 aliphatic heterocycles. The normalized spacial score (nSPS) is 10.5. The van der Waals surface area contributed by atoms with E-state index in [0.717, 1.165) is 21.4 Å². The average molecular weight is 400 g/mol. The third kappa shape index (κ3) is 4.67. The molecule has 0 bridgehead atoms. The van der Waals surface area contributed by atoms with Gasteiger partial charge in [-0.25, -0.2) is 14.5 Å². The molecule has 1 aromatic carbocycles. The van der Waals surface area contributed by atoms with E-state index >= 15 is 0 Å². The smallest absolute Gasteiger partial charge is 0.317 e. The van der Waals surface area contributed by atoms with Crippen LogP contribution >= 0.6 is 15.9 Å². The van der Waals surface area contributed by atoms with Gasteiger partial charge in [0, 0.05) is 43.2 Å². The van der Waals surface area contributed by atoms with Crippen LogP contribution in [0, 0.1) is 0 Å². The lowest BCUT2D eigenvalue weighted by Crippen LogP contribution is -2.36. The summed E-state index contributed by atoms with van der Waals surface area (Å²) < 4.78 is 2.71. The number of hydrogen-bond acceptors (Lipinski definition) is 3. The van der Waals surface area contributed by atoms with E-state index in [0.29, 0.717) is 13.1 Å². The molecule has 0 aliphatic carbocycles. The molecule has 25 heavy (non-hydrogen) atoms. The Hall–Kier alpha value is -2.67. The average Bonchev–Trinajstić information content (AvgIpc) is 3.16. The Labute approximate surface area is 154 Å². The van der Waals surface area contributed by atoms with Crippen molar-refractivity contribution in [3.05, 3.63) is 76.7 Å². The van der Waals surface area contributed by atoms with Crippen LogP contribution in [0.15, 0.2) is 65.5 Å². The van der Waals surface area contributed by atoms with Crippen LogP contribution in [0.4, 0.5) is 4.79 Å². The maximum Gasteiger partial charge on any atom is 0.317 e. The van der Waals surface area contributed by atoms with Crippen LogP contribution in [-0.2, 0) is 13.1 Å². The maximum absolute atomic E-state index is 12.2. The molecule has 3 rings (SSSR count). The zero-order valence-corrected chi connectivity index (χ0v) is 15.3. The van der Waals surface area contributed by atoms with Crippen LogP contribution in [0.5, 0.6) is 0 Å². The topological polar surface area (TPSA) is 63.1 Å². The van der Waals surface area contributed by atoms with Gasteiger partial charge in [-0.3, -0.25) is 0 Å². The molecule has 0 spiro atoms. The Morgan fingerprint density at radius 2 is 1.96 bits per heavy atom. The van der Waals surface area contributed by atoms with Crippen LogP contribution in [-0.4, -0.2) is 32.7 Å². The summed E-state index contributed by atoms with van der Waals surface area (Å²) in [5.41, 5.74) is 2.01. The van der Waals surface area contributed by atoms with Crippen molar-refractivity contribution in [2.45, 2.75) is 13.1 Å². The number of nitrogens with zero attached hydrogens (tertiary/aromatic N) is 4. The summed E-state index contributed by atoms with van der Waals surface area (Å²) in [7, 11) is 1.77. The van der Waals surface area contributed by atoms with E-state index in [1.165, 1.54) is 0 Å². The number of carbonyl (C=O) groups excluding carboxylic acids is 1. The maximum atomic E-state index is 12.2. The summed E-state index contributed by atoms with van der Waals surface area (Å²) >= 11 is 3.40. The lowest BCUT2D eigenvalue weighted by molar-refractivity contribution is 0.206. The fraction of sp³-hybridized carbons (Fsp3) is 0.167. The van der Waals surface area contributed by atoms with Gasteiger partial charge >= 0.3 is 6.03 Å². The van der Waals surface area contributed by atoms with Gasteiger partial charge in [0.2, 0.25) is 0 Å². The van der Waals surface area contributed by atoms with E-state index in [9.17, 15) is 4.79 Å². The van der Waals surface area contributed by atoms with Crippen LogP contribution in [0.3, 0.4) is 0 Å². The molecule has 3 aromatic rings. The van der Waals surface area contributed by atoms with Crippen molar-refractivity contribution in [1.29, 1.82) is 0 Å². The third-order valence-electron chi connectivity index (χ3n) is 3.67. The van der Waals surface area contributed by atoms with Crippen LogP contribution in [0.1, 0.15) is 11.1 Å². The fourth-order valence-corrected chi connectivity index (χ4v) is 2.57. The Bertz CT molecular complexity index is 816. The van der Waals surface area contributed by atoms with Crippen molar-refractivity contribution in [2.24, 2.45) is 0 Å². The van der Waals surface area contributed by atoms with Crippen molar-refractivity contribution in [3.63, 3.8) is 0 Å². The van der Waals surface area contributed by atoms with Gasteiger partial charge in [-0.05, 0) is 35.4 Å². The largest absolute Gasteiger partial charge is 0.334 e. The first-order chi connectivity index (χ1) is 12.1. The van der Waals surface area contributed by atoms with E-state index in [4.69, 9.17) is 0 Å². The molecular formula is C18H18BrN5O. The Kier molecular flexibility index (Phi) is 5.45. The number of pyridine rings is 1. The number of halogens is 1. The predicted octanol–water partition coefficient (Wildman–Crippen LogP) is 3.37. The highest BCUT2D eigenvalue weighted by Crippen LogP contribution is 2.12. The van der Waals surface area contributed by atoms with Crippen LogP contribution in [0.2, 0.25) is 0 Å². The van der Waals surface area contributed by atoms with Gasteiger partial charge in [-0.15, -0.1) is 0 Å². The lowest BCUT2D eigenvalue weighted by Gasteiger charge is -2.18. The summed E-state index contributed by atoms with van der Waals surface area (Å²) in [6, 6.07) is 13.4. The Balaban J connectivity index is 1.52. The van der Waals surface area contributed by atoms with Gasteiger partial charge in [-0.1, -0.05) is 34.1 Å². The van der Waals surface area contributed by atoms with Crippen molar-refractivity contribution in [2.75, 3.05) is 7.05 Å². The van der Waals surface area contributed by atoms with Crippen molar-refractivity contribution in [1.82, 2.24) is 25.0 Å². The molecule has 0 saturated carbocycles. The minimum Gasteiger partial charge on any atom is -0.334 e. The molecule has 1 N–H and O–H groups in total. The number of urea groups is 1. The molecule has 0 fully saturated rings. The number of nitrogens with one attached hydrogen (secondary N) is 1. The van der Waals surface area contributed by atoms with E-state index in [2.05, 4.69) is 31.3 Å². The second-order valence-electron chi connectivity index (χ2n) is 5.62. The van der Waals surface area contributed by atoms with Crippen LogP contribution in [0.25, 0.3) is 5.82 Å². The number of rotatable bonds is 5. The van der Waals surface area contributed by atoms with Crippen LogP contribution < -0.4 is 5.32 Å². The van der Waals surface area contributed by atoms with Crippen molar-refractivity contribution in [3.8, 4) is 5.82 Å². The Morgan fingerprint density at radius 1 is 1.20 bits per heavy atom. The quantitative estimate of drug-likeness (QED) is 0.715. The second kappa shape index (κ2) is 7.94. The van der Waals surface area contributed by atoms with E-state index in [-0.39, 0.29) is 6.03 Å². The minimum absolute atomic E-state index is 0.126. The molecule has 0 atom stereocenters. The number of carbonyl (C=O) groups is 1. The highest BCUT2D eigenvalue weighted by atomic mass is 79.9. The van der Waals surface area contributed by atoms with E-state index in [1.54, 1.807) is 29.0 Å². The molecule has 2 aromatic heterocycles. The first kappa shape index (κ1) is 17.2. The SMILES string of the molecule is CN(Cc1ccc(Br)cc1)C(=O)NCc1ccc(-n2cccn2)nc1. The minimum atomic E-state index is -0.126. The van der Waals surface area contributed by atoms with E-state index in [1.807, 2.05) is 48.7 Å². The monoisotopic (exact) mass is 399 g/mol. The third-order valence-corrected chi connectivity index (χ3v) is 4.20. The summed E-state index contributed by atoms with van der Waals surface area (Å²) in [5, 5.41) is 7.03. The zero-order valence-electron chi connectivity index (χ0n) is 13.8. The molecular weight excluding hydrogens is 382 g/mol. The van der Waals surface area contributed by atoms with Gasteiger partial charge in [0.25, 0.3) is 0 Å². The van der Waals surface area contributed by atoms with Crippen molar-refractivity contribution < 1.29 is 4.79 Å². The molecule has 2 heterocycles. The van der Waals surface area contributed by atoms with Crippen molar-refractivity contribution >= 4 is 22.0 Å². The number of benzene rings is 1. The number of amides is 2. The zero-order chi connectivity index (χ0) is 17.6. The fourth-order valence-electron chi connectivity index (χ4n) is 2.31. The molecule has 0 unspecified atom stereocenters. The van der Waals surface area contributed by atoms with Gasteiger partial charge < -0.3 is 10.2 Å². The molecule has 7 heteroatoms. The van der Waals surface area contributed by atoms with Gasteiger partial charge in [0.15, 0.2) is 5.82 Å². The molecule has 6 nitrogen and oxygen atoms in total. The standard InChI is InChI=1S/C18H18BrN5O/c1-23(13-14-3-6-16(19)7-4-14)18(25)21-12-15-5-8-17(20-11-15)24-10-2-9-22-24/h2-11H,12-13H2,1H3,(H,21,25). The summed E-state index contributed by atoms with van der Waals surface area (Å²) in [6.45, 7) is 0.978. The van der Waals surface area contributed by atoms with Gasteiger partial charge in [0.05, 0.1) is 0 Å². The summed E-state index contributed by atoms with van der Waals surface area (Å²) in [4.78, 5) is 18.2. The number of aromatic nitrogens is 3. The number of hydrogen-bond donors (Lipinski definition) is 1.